The fraction of sp³-hybridized carbons (Fsp3) is 0.385. The maximum Gasteiger partial charge on any atom is 0.125 e. The van der Waals surface area contributed by atoms with E-state index >= 15 is 0 Å². The summed E-state index contributed by atoms with van der Waals surface area (Å²) < 4.78 is 18.8. The largest absolute Gasteiger partial charge is 0.374 e. The summed E-state index contributed by atoms with van der Waals surface area (Å²) in [6.07, 6.45) is 2.54. The van der Waals surface area contributed by atoms with Crippen LogP contribution < -0.4 is 0 Å². The number of aryl methyl sites for hydroxylation is 1. The van der Waals surface area contributed by atoms with E-state index in [9.17, 15) is 4.39 Å². The van der Waals surface area contributed by atoms with Crippen molar-refractivity contribution in [3.63, 3.8) is 0 Å². The van der Waals surface area contributed by atoms with Crippen LogP contribution >= 0.6 is 0 Å². The Morgan fingerprint density at radius 3 is 2.61 bits per heavy atom. The van der Waals surface area contributed by atoms with Gasteiger partial charge < -0.3 is 4.74 Å². The Balaban J connectivity index is 1.61. The van der Waals surface area contributed by atoms with Gasteiger partial charge in [0.2, 0.25) is 0 Å². The average molecular weight is 249 g/mol. The van der Waals surface area contributed by atoms with Crippen molar-refractivity contribution >= 4 is 0 Å². The van der Waals surface area contributed by atoms with Gasteiger partial charge in [0, 0.05) is 6.42 Å². The van der Waals surface area contributed by atoms with Crippen molar-refractivity contribution in [2.45, 2.75) is 25.7 Å². The summed E-state index contributed by atoms with van der Waals surface area (Å²) in [6.45, 7) is 1.03. The van der Waals surface area contributed by atoms with Gasteiger partial charge in [0.05, 0.1) is 32.2 Å². The van der Waals surface area contributed by atoms with E-state index in [2.05, 4.69) is 10.2 Å². The first-order valence-electron chi connectivity index (χ1n) is 5.94. The molecule has 0 aliphatic rings. The highest BCUT2D eigenvalue weighted by atomic mass is 19.1. The van der Waals surface area contributed by atoms with Crippen molar-refractivity contribution in [2.75, 3.05) is 6.61 Å². The number of aromatic nitrogens is 3. The molecule has 2 rings (SSSR count). The third-order valence-corrected chi connectivity index (χ3v) is 2.52. The molecule has 5 heteroatoms. The summed E-state index contributed by atoms with van der Waals surface area (Å²) in [6, 6.07) is 9.74. The van der Waals surface area contributed by atoms with Crippen LogP contribution in [0.25, 0.3) is 0 Å². The van der Waals surface area contributed by atoms with E-state index in [1.807, 2.05) is 30.3 Å². The van der Waals surface area contributed by atoms with Gasteiger partial charge in [-0.25, -0.2) is 4.39 Å². The van der Waals surface area contributed by atoms with Crippen LogP contribution in [0.4, 0.5) is 4.39 Å². The maximum absolute atomic E-state index is 13.5. The maximum atomic E-state index is 13.5. The molecule has 0 fully saturated rings. The highest BCUT2D eigenvalue weighted by molar-refractivity contribution is 5.13. The number of hydrogen-bond acceptors (Lipinski definition) is 3. The molecule has 0 spiro atoms. The first-order chi connectivity index (χ1) is 8.84. The summed E-state index contributed by atoms with van der Waals surface area (Å²) in [7, 11) is 0. The second kappa shape index (κ2) is 6.86. The van der Waals surface area contributed by atoms with E-state index < -0.39 is 6.17 Å². The van der Waals surface area contributed by atoms with E-state index in [-0.39, 0.29) is 6.61 Å². The van der Waals surface area contributed by atoms with E-state index in [1.54, 1.807) is 12.4 Å². The Hall–Kier alpha value is -1.75. The molecule has 0 radical (unpaired) electrons. The molecule has 0 aliphatic carbocycles. The molecular weight excluding hydrogens is 233 g/mol. The van der Waals surface area contributed by atoms with E-state index in [0.29, 0.717) is 19.6 Å². The standard InChI is InChI=1S/C13H16FN3O/c14-13(6-9-17-15-7-8-16-17)11-18-10-12-4-2-1-3-5-12/h1-5,7-8,13H,6,9-11H2. The van der Waals surface area contributed by atoms with Gasteiger partial charge in [-0.1, -0.05) is 30.3 Å². The highest BCUT2D eigenvalue weighted by Crippen LogP contribution is 2.04. The van der Waals surface area contributed by atoms with Crippen molar-refractivity contribution < 1.29 is 9.13 Å². The van der Waals surface area contributed by atoms with Crippen LogP contribution in [-0.2, 0) is 17.9 Å². The molecule has 1 aromatic heterocycles. The Kier molecular flexibility index (Phi) is 4.84. The molecule has 2 aromatic rings. The summed E-state index contributed by atoms with van der Waals surface area (Å²) in [5.74, 6) is 0. The van der Waals surface area contributed by atoms with Crippen LogP contribution in [0, 0.1) is 0 Å². The first kappa shape index (κ1) is 12.7. The van der Waals surface area contributed by atoms with E-state index in [4.69, 9.17) is 4.74 Å². The van der Waals surface area contributed by atoms with Crippen molar-refractivity contribution in [1.82, 2.24) is 15.0 Å². The smallest absolute Gasteiger partial charge is 0.125 e. The third-order valence-electron chi connectivity index (χ3n) is 2.52. The summed E-state index contributed by atoms with van der Waals surface area (Å²) in [5, 5.41) is 7.83. The van der Waals surface area contributed by atoms with Crippen LogP contribution in [0.1, 0.15) is 12.0 Å². The molecule has 0 aliphatic heterocycles. The van der Waals surface area contributed by atoms with Crippen molar-refractivity contribution in [3.05, 3.63) is 48.3 Å². The minimum Gasteiger partial charge on any atom is -0.374 e. The highest BCUT2D eigenvalue weighted by Gasteiger charge is 2.07. The minimum absolute atomic E-state index is 0.107. The Morgan fingerprint density at radius 1 is 1.17 bits per heavy atom. The topological polar surface area (TPSA) is 39.9 Å². The zero-order valence-corrected chi connectivity index (χ0v) is 10.1. The van der Waals surface area contributed by atoms with Gasteiger partial charge in [0.15, 0.2) is 0 Å². The van der Waals surface area contributed by atoms with Gasteiger partial charge in [-0.3, -0.25) is 0 Å². The molecule has 0 saturated heterocycles. The Bertz CT molecular complexity index is 433. The lowest BCUT2D eigenvalue weighted by Gasteiger charge is -2.08. The number of ether oxygens (including phenoxy) is 1. The average Bonchev–Trinajstić information content (AvgIpc) is 2.91. The van der Waals surface area contributed by atoms with Crippen LogP contribution in [-0.4, -0.2) is 27.8 Å². The van der Waals surface area contributed by atoms with Crippen LogP contribution in [0.3, 0.4) is 0 Å². The van der Waals surface area contributed by atoms with Crippen LogP contribution in [0.5, 0.6) is 0 Å². The number of rotatable bonds is 7. The summed E-state index contributed by atoms with van der Waals surface area (Å²) in [4.78, 5) is 1.48. The normalized spacial score (nSPS) is 12.5. The van der Waals surface area contributed by atoms with E-state index in [0.717, 1.165) is 5.56 Å². The molecule has 96 valence electrons. The molecule has 1 heterocycles. The number of alkyl halides is 1. The fourth-order valence-corrected chi connectivity index (χ4v) is 1.58. The van der Waals surface area contributed by atoms with Gasteiger partial charge in [0.25, 0.3) is 0 Å². The van der Waals surface area contributed by atoms with Crippen LogP contribution in [0.15, 0.2) is 42.7 Å². The summed E-state index contributed by atoms with van der Waals surface area (Å²) >= 11 is 0. The lowest BCUT2D eigenvalue weighted by molar-refractivity contribution is 0.0639. The van der Waals surface area contributed by atoms with Gasteiger partial charge >= 0.3 is 0 Å². The first-order valence-corrected chi connectivity index (χ1v) is 5.94. The predicted octanol–water partition coefficient (Wildman–Crippen LogP) is 2.22. The van der Waals surface area contributed by atoms with Gasteiger partial charge in [-0.15, -0.1) is 0 Å². The molecule has 0 bridgehead atoms. The number of nitrogens with zero attached hydrogens (tertiary/aromatic N) is 3. The SMILES string of the molecule is FC(CCn1nccn1)COCc1ccccc1. The molecular formula is C13H16FN3O. The summed E-state index contributed by atoms with van der Waals surface area (Å²) in [5.41, 5.74) is 1.05. The minimum atomic E-state index is -0.986. The molecule has 4 nitrogen and oxygen atoms in total. The zero-order valence-electron chi connectivity index (χ0n) is 10.1. The predicted molar refractivity (Wildman–Crippen MR) is 65.6 cm³/mol. The lowest BCUT2D eigenvalue weighted by atomic mass is 10.2. The molecule has 0 N–H and O–H groups in total. The molecule has 1 atom stereocenters. The van der Waals surface area contributed by atoms with Crippen LogP contribution in [0.2, 0.25) is 0 Å². The zero-order chi connectivity index (χ0) is 12.6. The molecule has 18 heavy (non-hydrogen) atoms. The van der Waals surface area contributed by atoms with Crippen molar-refractivity contribution in [1.29, 1.82) is 0 Å². The molecule has 1 aromatic carbocycles. The third kappa shape index (κ3) is 4.25. The number of hydrogen-bond donors (Lipinski definition) is 0. The molecule has 0 saturated carbocycles. The molecule has 0 amide bonds. The van der Waals surface area contributed by atoms with Crippen molar-refractivity contribution in [2.24, 2.45) is 0 Å². The monoisotopic (exact) mass is 249 g/mol. The van der Waals surface area contributed by atoms with Crippen molar-refractivity contribution in [3.8, 4) is 0 Å². The Morgan fingerprint density at radius 2 is 1.89 bits per heavy atom. The fourth-order valence-electron chi connectivity index (χ4n) is 1.58. The molecule has 1 unspecified atom stereocenters. The van der Waals surface area contributed by atoms with Gasteiger partial charge in [-0.05, 0) is 5.56 Å². The second-order valence-corrected chi connectivity index (χ2v) is 4.01. The van der Waals surface area contributed by atoms with E-state index in [1.165, 1.54) is 4.80 Å². The Labute approximate surface area is 105 Å². The number of halogens is 1. The number of benzene rings is 1. The second-order valence-electron chi connectivity index (χ2n) is 4.01. The van der Waals surface area contributed by atoms with Gasteiger partial charge in [-0.2, -0.15) is 15.0 Å². The quantitative estimate of drug-likeness (QED) is 0.755. The lowest BCUT2D eigenvalue weighted by Crippen LogP contribution is -2.14. The van der Waals surface area contributed by atoms with Gasteiger partial charge in [0.1, 0.15) is 6.17 Å².